The molecule has 170 valence electrons. The van der Waals surface area contributed by atoms with E-state index in [0.717, 1.165) is 11.3 Å². The number of aromatic nitrogens is 2. The van der Waals surface area contributed by atoms with Crippen molar-refractivity contribution in [3.8, 4) is 5.75 Å². The molecule has 0 aliphatic carbocycles. The fraction of sp³-hybridized carbons (Fsp3) is 0.250. The Labute approximate surface area is 195 Å². The lowest BCUT2D eigenvalue weighted by atomic mass is 10.1. The Morgan fingerprint density at radius 2 is 1.67 bits per heavy atom. The molecule has 0 radical (unpaired) electrons. The Hall–Kier alpha value is -3.46. The Bertz CT molecular complexity index is 1220. The minimum atomic E-state index is -0.365. The first kappa shape index (κ1) is 22.7. The summed E-state index contributed by atoms with van der Waals surface area (Å²) in [5, 5.41) is 6.77. The van der Waals surface area contributed by atoms with Gasteiger partial charge in [0, 0.05) is 24.8 Å². The normalized spacial score (nSPS) is 12.8. The molecule has 0 unspecified atom stereocenters. The lowest BCUT2D eigenvalue weighted by Crippen LogP contribution is -2.29. The highest BCUT2D eigenvalue weighted by Crippen LogP contribution is 2.39. The van der Waals surface area contributed by atoms with Gasteiger partial charge in [0.2, 0.25) is 11.8 Å². The van der Waals surface area contributed by atoms with Crippen molar-refractivity contribution in [2.24, 2.45) is 5.10 Å². The number of halogens is 1. The Balaban J connectivity index is 1.81. The number of hydrogen-bond donors (Lipinski definition) is 0. The highest BCUT2D eigenvalue weighted by atomic mass is 32.2. The number of carbonyl (C=O) groups excluding carboxylic acids is 2. The number of benzene rings is 2. The van der Waals surface area contributed by atoms with E-state index in [4.69, 9.17) is 4.74 Å². The average molecular weight is 467 g/mol. The van der Waals surface area contributed by atoms with Crippen molar-refractivity contribution in [2.75, 3.05) is 12.1 Å². The van der Waals surface area contributed by atoms with E-state index in [9.17, 15) is 14.0 Å². The van der Waals surface area contributed by atoms with Gasteiger partial charge in [0.05, 0.1) is 7.11 Å². The number of methoxy groups -OCH3 is 1. The van der Waals surface area contributed by atoms with Crippen LogP contribution in [0.3, 0.4) is 0 Å². The summed E-state index contributed by atoms with van der Waals surface area (Å²) in [5.74, 6) is 0.843. The number of nitrogens with zero attached hydrogens (tertiary/aromatic N) is 4. The molecule has 33 heavy (non-hydrogen) atoms. The second-order valence-electron chi connectivity index (χ2n) is 7.34. The molecule has 0 bridgehead atoms. The molecule has 3 aromatic rings. The number of carbonyl (C=O) groups is 2. The minimum absolute atomic E-state index is 0.135. The molecule has 2 aromatic carbocycles. The van der Waals surface area contributed by atoms with Crippen LogP contribution in [0.1, 0.15) is 48.4 Å². The largest absolute Gasteiger partial charge is 0.497 e. The van der Waals surface area contributed by atoms with Crippen LogP contribution in [-0.4, -0.2) is 33.5 Å². The van der Waals surface area contributed by atoms with E-state index in [1.54, 1.807) is 37.7 Å². The lowest BCUT2D eigenvalue weighted by Gasteiger charge is -2.22. The van der Waals surface area contributed by atoms with E-state index in [2.05, 4.69) is 10.1 Å². The summed E-state index contributed by atoms with van der Waals surface area (Å²) in [6.07, 6.45) is 0.875. The zero-order chi connectivity index (χ0) is 23.5. The minimum Gasteiger partial charge on any atom is -0.497 e. The van der Waals surface area contributed by atoms with Crippen LogP contribution in [-0.2, 0) is 11.2 Å². The van der Waals surface area contributed by atoms with Gasteiger partial charge in [0.1, 0.15) is 27.5 Å². The predicted molar refractivity (Wildman–Crippen MR) is 126 cm³/mol. The number of amides is 1. The molecule has 7 nitrogen and oxygen atoms in total. The van der Waals surface area contributed by atoms with Crippen LogP contribution in [0.4, 0.5) is 10.2 Å². The van der Waals surface area contributed by atoms with Crippen molar-refractivity contribution >= 4 is 34.4 Å². The molecule has 0 saturated carbocycles. The van der Waals surface area contributed by atoms with Gasteiger partial charge < -0.3 is 4.74 Å². The quantitative estimate of drug-likeness (QED) is 0.517. The number of thioether (sulfide) groups is 1. The monoisotopic (exact) mass is 466 g/mol. The smallest absolute Gasteiger partial charge is 0.248 e. The first-order valence-corrected chi connectivity index (χ1v) is 11.4. The van der Waals surface area contributed by atoms with Crippen molar-refractivity contribution in [2.45, 2.75) is 38.1 Å². The van der Waals surface area contributed by atoms with Gasteiger partial charge in [-0.3, -0.25) is 14.2 Å². The zero-order valence-electron chi connectivity index (χ0n) is 18.5. The average Bonchev–Trinajstić information content (AvgIpc) is 3.21. The molecular formula is C24H23FN4O3S. The Kier molecular flexibility index (Phi) is 6.60. The molecule has 0 atom stereocenters. The molecule has 0 fully saturated rings. The van der Waals surface area contributed by atoms with Crippen LogP contribution in [0.5, 0.6) is 5.75 Å². The summed E-state index contributed by atoms with van der Waals surface area (Å²) in [7, 11) is 1.60. The van der Waals surface area contributed by atoms with Crippen molar-refractivity contribution in [3.63, 3.8) is 0 Å². The molecule has 0 saturated heterocycles. The Morgan fingerprint density at radius 1 is 1.00 bits per heavy atom. The summed E-state index contributed by atoms with van der Waals surface area (Å²) in [5.41, 5.74) is 1.59. The summed E-state index contributed by atoms with van der Waals surface area (Å²) >= 11 is 1.25. The molecule has 0 N–H and O–H groups in total. The van der Waals surface area contributed by atoms with Gasteiger partial charge in [-0.25, -0.2) is 9.37 Å². The van der Waals surface area contributed by atoms with Gasteiger partial charge in [-0.2, -0.15) is 10.1 Å². The maximum atomic E-state index is 13.4. The van der Waals surface area contributed by atoms with E-state index in [1.807, 2.05) is 24.3 Å². The van der Waals surface area contributed by atoms with Crippen molar-refractivity contribution in [1.82, 2.24) is 9.55 Å². The number of imidazole rings is 1. The second kappa shape index (κ2) is 9.58. The fourth-order valence-corrected chi connectivity index (χ4v) is 4.49. The van der Waals surface area contributed by atoms with Crippen LogP contribution < -0.4 is 9.75 Å². The molecule has 1 amide bonds. The third kappa shape index (κ3) is 4.54. The van der Waals surface area contributed by atoms with E-state index in [0.29, 0.717) is 33.7 Å². The number of hydrazone groups is 1. The van der Waals surface area contributed by atoms with Crippen LogP contribution in [0, 0.1) is 5.82 Å². The second-order valence-corrected chi connectivity index (χ2v) is 8.32. The predicted octanol–water partition coefficient (Wildman–Crippen LogP) is 4.88. The summed E-state index contributed by atoms with van der Waals surface area (Å²) in [4.78, 5) is 30.4. The van der Waals surface area contributed by atoms with Gasteiger partial charge in [0.15, 0.2) is 5.82 Å². The number of anilines is 1. The molecule has 1 aliphatic rings. The van der Waals surface area contributed by atoms with Crippen LogP contribution in [0.25, 0.3) is 0 Å². The number of rotatable bonds is 6. The molecule has 1 aromatic heterocycles. The first-order valence-electron chi connectivity index (χ1n) is 10.6. The maximum Gasteiger partial charge on any atom is 0.248 e. The van der Waals surface area contributed by atoms with Gasteiger partial charge in [0.25, 0.3) is 0 Å². The van der Waals surface area contributed by atoms with Crippen molar-refractivity contribution in [1.29, 1.82) is 0 Å². The van der Waals surface area contributed by atoms with Gasteiger partial charge in [-0.1, -0.05) is 26.0 Å². The summed E-state index contributed by atoms with van der Waals surface area (Å²) in [6.45, 7) is 3.52. The van der Waals surface area contributed by atoms with Crippen molar-refractivity contribution < 1.29 is 18.7 Å². The third-order valence-corrected chi connectivity index (χ3v) is 6.24. The van der Waals surface area contributed by atoms with Crippen molar-refractivity contribution in [3.05, 3.63) is 71.3 Å². The topological polar surface area (TPSA) is 76.8 Å². The van der Waals surface area contributed by atoms with Crippen LogP contribution in [0.15, 0.2) is 58.7 Å². The van der Waals surface area contributed by atoms with Gasteiger partial charge in [-0.15, -0.1) is 0 Å². The van der Waals surface area contributed by atoms with Crippen LogP contribution in [0.2, 0.25) is 0 Å². The third-order valence-electron chi connectivity index (χ3n) is 5.18. The standard InChI is InChI=1S/C24H23FN4O3S/c1-4-20(30)28-19(14-15-6-12-18(32-3)13-7-15)26-22-24(28)33-23(27-29(22)21(31)5-2)16-8-10-17(25)11-9-16/h6-13H,4-5,14H2,1-3H3. The highest BCUT2D eigenvalue weighted by Gasteiger charge is 2.33. The number of ether oxygens (including phenoxy) is 1. The highest BCUT2D eigenvalue weighted by molar-refractivity contribution is 8.14. The first-order chi connectivity index (χ1) is 15.9. The zero-order valence-corrected chi connectivity index (χ0v) is 19.4. The molecule has 1 aliphatic heterocycles. The fourth-order valence-electron chi connectivity index (χ4n) is 3.41. The van der Waals surface area contributed by atoms with E-state index < -0.39 is 0 Å². The maximum absolute atomic E-state index is 13.4. The van der Waals surface area contributed by atoms with E-state index in [-0.39, 0.29) is 30.5 Å². The van der Waals surface area contributed by atoms with Gasteiger partial charge in [-0.05, 0) is 53.7 Å². The molecule has 9 heteroatoms. The SMILES string of the molecule is CCC(=O)N1N=C(c2ccc(F)cc2)Sc2c1nc(Cc1ccc(OC)cc1)n2C(=O)CC. The van der Waals surface area contributed by atoms with E-state index in [1.165, 1.54) is 28.9 Å². The summed E-state index contributed by atoms with van der Waals surface area (Å²) < 4.78 is 20.2. The lowest BCUT2D eigenvalue weighted by molar-refractivity contribution is -0.118. The van der Waals surface area contributed by atoms with E-state index >= 15 is 0 Å². The molecule has 2 heterocycles. The van der Waals surface area contributed by atoms with Gasteiger partial charge >= 0.3 is 0 Å². The number of fused-ring (bicyclic) bond motifs is 1. The van der Waals surface area contributed by atoms with Crippen LogP contribution >= 0.6 is 11.8 Å². The Morgan fingerprint density at radius 3 is 2.27 bits per heavy atom. The molecule has 0 spiro atoms. The molecular weight excluding hydrogens is 443 g/mol. The molecule has 4 rings (SSSR count). The summed E-state index contributed by atoms with van der Waals surface area (Å²) in [6, 6.07) is 13.4. The number of hydrogen-bond acceptors (Lipinski definition) is 6.